The molecule has 0 saturated carbocycles. The largest absolute Gasteiger partial charge is 0.493 e. The van der Waals surface area contributed by atoms with Crippen LogP contribution >= 0.6 is 0 Å². The first-order valence-electron chi connectivity index (χ1n) is 19.1. The van der Waals surface area contributed by atoms with Crippen molar-refractivity contribution in [3.63, 3.8) is 0 Å². The highest BCUT2D eigenvalue weighted by atomic mass is 19.4. The van der Waals surface area contributed by atoms with E-state index in [0.29, 0.717) is 66.6 Å². The summed E-state index contributed by atoms with van der Waals surface area (Å²) in [5.74, 6) is 1.13. The van der Waals surface area contributed by atoms with Gasteiger partial charge in [0.2, 0.25) is 0 Å². The Hall–Kier alpha value is -4.07. The van der Waals surface area contributed by atoms with Gasteiger partial charge in [0.1, 0.15) is 40.2 Å². The van der Waals surface area contributed by atoms with Gasteiger partial charge in [-0.2, -0.15) is 13.2 Å². The number of aryl methyl sites for hydroxylation is 1. The number of benzene rings is 3. The van der Waals surface area contributed by atoms with E-state index in [1.165, 1.54) is 6.07 Å². The number of alkyl halides is 3. The van der Waals surface area contributed by atoms with Gasteiger partial charge in [0, 0.05) is 44.4 Å². The second-order valence-corrected chi connectivity index (χ2v) is 13.3. The summed E-state index contributed by atoms with van der Waals surface area (Å²) in [6, 6.07) is 11.6. The Kier molecular flexibility index (Phi) is 16.3. The van der Waals surface area contributed by atoms with E-state index < -0.39 is 17.6 Å². The van der Waals surface area contributed by atoms with Crippen molar-refractivity contribution in [2.45, 2.75) is 66.6 Å². The van der Waals surface area contributed by atoms with E-state index in [0.717, 1.165) is 76.7 Å². The fourth-order valence-electron chi connectivity index (χ4n) is 6.27. The number of halogens is 4. The van der Waals surface area contributed by atoms with Gasteiger partial charge in [-0.05, 0) is 96.8 Å². The molecule has 0 aliphatic rings. The van der Waals surface area contributed by atoms with Crippen molar-refractivity contribution in [2.75, 3.05) is 79.7 Å². The molecule has 54 heavy (non-hydrogen) atoms. The van der Waals surface area contributed by atoms with Gasteiger partial charge in [-0.1, -0.05) is 27.7 Å². The molecule has 298 valence electrons. The van der Waals surface area contributed by atoms with Crippen molar-refractivity contribution in [3.05, 3.63) is 59.9 Å². The van der Waals surface area contributed by atoms with Gasteiger partial charge in [-0.15, -0.1) is 0 Å². The Morgan fingerprint density at radius 2 is 1.22 bits per heavy atom. The molecule has 0 amide bonds. The Bertz CT molecular complexity index is 1760. The zero-order valence-electron chi connectivity index (χ0n) is 32.9. The minimum absolute atomic E-state index is 0.150. The van der Waals surface area contributed by atoms with Crippen LogP contribution in [0, 0.1) is 5.82 Å². The molecular weight excluding hydrogens is 702 g/mol. The lowest BCUT2D eigenvalue weighted by Gasteiger charge is -2.18. The molecule has 0 N–H and O–H groups in total. The van der Waals surface area contributed by atoms with Gasteiger partial charge in [-0.25, -0.2) is 9.37 Å². The van der Waals surface area contributed by atoms with Crippen LogP contribution in [0.3, 0.4) is 0 Å². The average molecular weight is 760 g/mol. The van der Waals surface area contributed by atoms with E-state index in [2.05, 4.69) is 47.0 Å². The smallest absolute Gasteiger partial charge is 0.419 e. The van der Waals surface area contributed by atoms with Gasteiger partial charge in [0.05, 0.1) is 36.5 Å². The summed E-state index contributed by atoms with van der Waals surface area (Å²) in [4.78, 5) is 11.9. The summed E-state index contributed by atoms with van der Waals surface area (Å²) in [7, 11) is 3.96. The van der Waals surface area contributed by atoms with E-state index in [1.54, 1.807) is 18.2 Å². The number of ether oxygens (including phenoxy) is 4. The van der Waals surface area contributed by atoms with Gasteiger partial charge < -0.3 is 38.2 Å². The summed E-state index contributed by atoms with van der Waals surface area (Å²) in [5.41, 5.74) is 0.814. The van der Waals surface area contributed by atoms with Gasteiger partial charge >= 0.3 is 6.18 Å². The van der Waals surface area contributed by atoms with Crippen LogP contribution < -0.4 is 18.9 Å². The van der Waals surface area contributed by atoms with Crippen LogP contribution in [0.2, 0.25) is 0 Å². The molecule has 1 heterocycles. The average Bonchev–Trinajstić information content (AvgIpc) is 3.52. The number of aromatic nitrogens is 2. The number of hydrogen-bond donors (Lipinski definition) is 0. The van der Waals surface area contributed by atoms with Crippen molar-refractivity contribution in [3.8, 4) is 40.1 Å². The molecule has 0 fully saturated rings. The predicted octanol–water partition coefficient (Wildman–Crippen LogP) is 9.23. The third-order valence-electron chi connectivity index (χ3n) is 9.34. The minimum atomic E-state index is -4.86. The lowest BCUT2D eigenvalue weighted by molar-refractivity contribution is -0.140. The Morgan fingerprint density at radius 1 is 0.667 bits per heavy atom. The normalized spacial score (nSPS) is 12.0. The molecule has 0 aliphatic heterocycles. The fourth-order valence-corrected chi connectivity index (χ4v) is 6.27. The first kappa shape index (κ1) is 42.7. The third-order valence-corrected chi connectivity index (χ3v) is 9.34. The third kappa shape index (κ3) is 11.7. The maximum Gasteiger partial charge on any atom is 0.419 e. The van der Waals surface area contributed by atoms with Crippen LogP contribution in [0.4, 0.5) is 17.6 Å². The molecule has 9 nitrogen and oxygen atoms in total. The van der Waals surface area contributed by atoms with Crippen molar-refractivity contribution < 1.29 is 36.5 Å². The second-order valence-electron chi connectivity index (χ2n) is 13.3. The number of rotatable bonds is 23. The van der Waals surface area contributed by atoms with Gasteiger partial charge in [-0.3, -0.25) is 0 Å². The van der Waals surface area contributed by atoms with Crippen LogP contribution in [0.1, 0.15) is 59.4 Å². The number of fused-ring (bicyclic) bond motifs is 1. The van der Waals surface area contributed by atoms with Crippen LogP contribution in [0.15, 0.2) is 48.5 Å². The molecule has 0 bridgehead atoms. The van der Waals surface area contributed by atoms with Crippen LogP contribution in [0.5, 0.6) is 28.7 Å². The molecule has 0 saturated heterocycles. The molecule has 0 spiro atoms. The lowest BCUT2D eigenvalue weighted by atomic mass is 10.1. The van der Waals surface area contributed by atoms with E-state index in [-0.39, 0.29) is 11.5 Å². The summed E-state index contributed by atoms with van der Waals surface area (Å²) in [6.45, 7) is 19.3. The highest BCUT2D eigenvalue weighted by Crippen LogP contribution is 2.40. The molecule has 4 aromatic rings. The molecule has 1 aromatic heterocycles. The highest BCUT2D eigenvalue weighted by molar-refractivity contribution is 5.88. The van der Waals surface area contributed by atoms with Crippen molar-refractivity contribution >= 4 is 11.0 Å². The van der Waals surface area contributed by atoms with Crippen molar-refractivity contribution in [2.24, 2.45) is 0 Å². The second kappa shape index (κ2) is 20.6. The maximum absolute atomic E-state index is 14.0. The highest BCUT2D eigenvalue weighted by Gasteiger charge is 2.34. The number of imidazole rings is 1. The Balaban J connectivity index is 1.73. The maximum atomic E-state index is 14.0. The van der Waals surface area contributed by atoms with E-state index >= 15 is 0 Å². The number of hydrogen-bond acceptors (Lipinski definition) is 8. The minimum Gasteiger partial charge on any atom is -0.493 e. The fraction of sp³-hybridized carbons (Fsp3) is 0.537. The molecule has 4 rings (SSSR count). The monoisotopic (exact) mass is 759 g/mol. The molecule has 0 unspecified atom stereocenters. The van der Waals surface area contributed by atoms with Crippen LogP contribution in [0.25, 0.3) is 22.4 Å². The van der Waals surface area contributed by atoms with Gasteiger partial charge in [0.25, 0.3) is 0 Å². The van der Waals surface area contributed by atoms with Gasteiger partial charge in [0.15, 0.2) is 5.75 Å². The molecular formula is C41H57F4N5O4. The zero-order chi connectivity index (χ0) is 39.3. The summed E-state index contributed by atoms with van der Waals surface area (Å²) in [6.07, 6.45) is -2.40. The van der Waals surface area contributed by atoms with E-state index in [9.17, 15) is 17.6 Å². The molecule has 0 aliphatic carbocycles. The predicted molar refractivity (Wildman–Crippen MR) is 207 cm³/mol. The first-order chi connectivity index (χ1) is 25.9. The quantitative estimate of drug-likeness (QED) is 0.0548. The molecule has 0 radical (unpaired) electrons. The molecule has 3 aromatic carbocycles. The Labute approximate surface area is 317 Å². The van der Waals surface area contributed by atoms with E-state index in [1.807, 2.05) is 33.2 Å². The summed E-state index contributed by atoms with van der Waals surface area (Å²) < 4.78 is 81.3. The van der Waals surface area contributed by atoms with Crippen LogP contribution in [-0.4, -0.2) is 104 Å². The first-order valence-corrected chi connectivity index (χ1v) is 19.1. The van der Waals surface area contributed by atoms with Crippen molar-refractivity contribution in [1.82, 2.24) is 24.3 Å². The Morgan fingerprint density at radius 3 is 1.81 bits per heavy atom. The zero-order valence-corrected chi connectivity index (χ0v) is 32.9. The van der Waals surface area contributed by atoms with E-state index in [4.69, 9.17) is 23.9 Å². The lowest BCUT2D eigenvalue weighted by Crippen LogP contribution is -2.25. The van der Waals surface area contributed by atoms with Crippen LogP contribution in [-0.2, 0) is 12.7 Å². The summed E-state index contributed by atoms with van der Waals surface area (Å²) in [5, 5.41) is 0. The standard InChI is InChI=1S/C41H57F4N5O4/c1-8-48(9-2)21-14-23-51-32-27-36-39(38(29-32)53-25-15-22-49(10-3)11-4)46-40(50(36)12-5)33-18-16-31(28-37(33)52-24-13-20-47(6)7)54-30-17-19-35(42)34(26-30)41(43,44)45/h16-19,26-29H,8-15,20-25H2,1-7H3. The summed E-state index contributed by atoms with van der Waals surface area (Å²) >= 11 is 0. The SMILES string of the molecule is CCN(CC)CCCOc1cc(OCCCN(CC)CC)c2nc(-c3ccc(Oc4ccc(F)c(C(F)(F)F)c4)cc3OCCCN(C)C)n(CC)c2c1. The molecule has 0 atom stereocenters. The number of nitrogens with zero attached hydrogens (tertiary/aromatic N) is 5. The topological polar surface area (TPSA) is 64.5 Å². The molecule has 13 heteroatoms. The van der Waals surface area contributed by atoms with Crippen molar-refractivity contribution in [1.29, 1.82) is 0 Å².